The molecule has 3 rings (SSSR count). The number of rotatable bonds is 8. The van der Waals surface area contributed by atoms with Gasteiger partial charge >= 0.3 is 18.4 Å². The van der Waals surface area contributed by atoms with Gasteiger partial charge in [0.15, 0.2) is 0 Å². The van der Waals surface area contributed by atoms with Crippen molar-refractivity contribution in [2.45, 2.75) is 38.7 Å². The summed E-state index contributed by atoms with van der Waals surface area (Å²) in [5.41, 5.74) is -3.24. The van der Waals surface area contributed by atoms with Crippen LogP contribution >= 0.6 is 11.3 Å². The average Bonchev–Trinajstić information content (AvgIpc) is 3.34. The average molecular weight is 576 g/mol. The summed E-state index contributed by atoms with van der Waals surface area (Å²) in [7, 11) is 1.51. The van der Waals surface area contributed by atoms with Crippen LogP contribution in [0.2, 0.25) is 0 Å². The van der Waals surface area contributed by atoms with E-state index < -0.39 is 53.1 Å². The molecule has 3 amide bonds. The van der Waals surface area contributed by atoms with Crippen molar-refractivity contribution in [1.29, 1.82) is 0 Å². The Hall–Kier alpha value is -3.88. The van der Waals surface area contributed by atoms with E-state index in [0.29, 0.717) is 34.9 Å². The Labute approximate surface area is 222 Å². The van der Waals surface area contributed by atoms with Gasteiger partial charge in [-0.15, -0.1) is 10.2 Å². The molecule has 1 aromatic heterocycles. The molecule has 0 aliphatic carbocycles. The van der Waals surface area contributed by atoms with Crippen molar-refractivity contribution in [3.63, 3.8) is 0 Å². The second-order valence-electron chi connectivity index (χ2n) is 8.39. The first-order valence-corrected chi connectivity index (χ1v) is 12.2. The third-order valence-corrected chi connectivity index (χ3v) is 6.49. The largest absolute Gasteiger partial charge is 0.497 e. The highest BCUT2D eigenvalue weighted by atomic mass is 32.1. The van der Waals surface area contributed by atoms with E-state index in [1.54, 1.807) is 38.1 Å². The molecular formula is C24H23F6N5O3S. The standard InChI is InChI=1S/C24H23F6N5O3S/c1-4-12(2)18(19(36)33-22-35-34-20(39-22)13-6-5-7-17(8-13)38-3)32-21(37)31-16-10-14(23(25,26)27)9-15(11-16)24(28,29)30/h5-12,18H,4H2,1-3H3,(H2,31,32,37)(H,33,35,36). The lowest BCUT2D eigenvalue weighted by Gasteiger charge is -2.23. The van der Waals surface area contributed by atoms with Crippen LogP contribution in [0, 0.1) is 5.92 Å². The molecule has 0 aliphatic heterocycles. The summed E-state index contributed by atoms with van der Waals surface area (Å²) in [4.78, 5) is 25.6. The van der Waals surface area contributed by atoms with Crippen LogP contribution in [-0.2, 0) is 17.1 Å². The SMILES string of the molecule is CCC(C)C(NC(=O)Nc1cc(C(F)(F)F)cc(C(F)(F)F)c1)C(=O)Nc1nnc(-c2cccc(OC)c2)s1. The molecule has 1 heterocycles. The molecule has 3 N–H and O–H groups in total. The first-order chi connectivity index (χ1) is 18.2. The molecule has 0 aliphatic rings. The number of hydrogen-bond acceptors (Lipinski definition) is 6. The minimum atomic E-state index is -5.08. The summed E-state index contributed by atoms with van der Waals surface area (Å²) in [5, 5.41) is 15.4. The number of carbonyl (C=O) groups is 2. The topological polar surface area (TPSA) is 105 Å². The second kappa shape index (κ2) is 11.9. The number of anilines is 2. The fourth-order valence-electron chi connectivity index (χ4n) is 3.37. The summed E-state index contributed by atoms with van der Waals surface area (Å²) in [6.07, 6.45) is -9.76. The van der Waals surface area contributed by atoms with Gasteiger partial charge in [0.1, 0.15) is 16.8 Å². The lowest BCUT2D eigenvalue weighted by Crippen LogP contribution is -2.49. The molecule has 0 bridgehead atoms. The zero-order valence-electron chi connectivity index (χ0n) is 20.7. The number of hydrogen-bond donors (Lipinski definition) is 3. The Balaban J connectivity index is 1.76. The van der Waals surface area contributed by atoms with Crippen molar-refractivity contribution in [3.8, 4) is 16.3 Å². The van der Waals surface area contributed by atoms with Crippen molar-refractivity contribution < 1.29 is 40.7 Å². The molecule has 39 heavy (non-hydrogen) atoms. The summed E-state index contributed by atoms with van der Waals surface area (Å²) in [6.45, 7) is 3.37. The van der Waals surface area contributed by atoms with Crippen LogP contribution in [0.1, 0.15) is 31.4 Å². The molecule has 0 radical (unpaired) electrons. The molecule has 0 spiro atoms. The number of nitrogens with one attached hydrogen (secondary N) is 3. The highest BCUT2D eigenvalue weighted by Crippen LogP contribution is 2.37. The van der Waals surface area contributed by atoms with Crippen LogP contribution in [0.15, 0.2) is 42.5 Å². The lowest BCUT2D eigenvalue weighted by molar-refractivity contribution is -0.143. The third-order valence-electron chi connectivity index (χ3n) is 5.60. The maximum absolute atomic E-state index is 13.1. The highest BCUT2D eigenvalue weighted by Gasteiger charge is 2.37. The van der Waals surface area contributed by atoms with E-state index in [2.05, 4.69) is 20.8 Å². The first kappa shape index (κ1) is 29.7. The number of amides is 3. The molecule has 2 unspecified atom stereocenters. The van der Waals surface area contributed by atoms with Crippen LogP contribution in [0.25, 0.3) is 10.6 Å². The minimum absolute atomic E-state index is 0.0552. The highest BCUT2D eigenvalue weighted by molar-refractivity contribution is 7.18. The van der Waals surface area contributed by atoms with Crippen molar-refractivity contribution in [3.05, 3.63) is 53.6 Å². The summed E-state index contributed by atoms with van der Waals surface area (Å²) in [5.74, 6) is -0.579. The van der Waals surface area contributed by atoms with E-state index in [1.807, 2.05) is 5.32 Å². The summed E-state index contributed by atoms with van der Waals surface area (Å²) in [6, 6.07) is 5.28. The number of ether oxygens (including phenoxy) is 1. The number of alkyl halides is 6. The van der Waals surface area contributed by atoms with Crippen molar-refractivity contribution in [2.75, 3.05) is 17.7 Å². The molecule has 210 valence electrons. The van der Waals surface area contributed by atoms with Crippen molar-refractivity contribution in [1.82, 2.24) is 15.5 Å². The van der Waals surface area contributed by atoms with E-state index in [-0.39, 0.29) is 11.2 Å². The maximum Gasteiger partial charge on any atom is 0.416 e. The van der Waals surface area contributed by atoms with Gasteiger partial charge in [0.2, 0.25) is 11.0 Å². The van der Waals surface area contributed by atoms with Gasteiger partial charge in [0, 0.05) is 11.3 Å². The molecule has 2 atom stereocenters. The van der Waals surface area contributed by atoms with Gasteiger partial charge in [-0.2, -0.15) is 26.3 Å². The summed E-state index contributed by atoms with van der Waals surface area (Å²) < 4.78 is 84.0. The van der Waals surface area contributed by atoms with E-state index in [1.165, 1.54) is 7.11 Å². The second-order valence-corrected chi connectivity index (χ2v) is 9.37. The van der Waals surface area contributed by atoms with Gasteiger partial charge < -0.3 is 15.4 Å². The Bertz CT molecular complexity index is 1300. The van der Waals surface area contributed by atoms with Crippen LogP contribution in [0.5, 0.6) is 5.75 Å². The molecule has 3 aromatic rings. The number of benzene rings is 2. The fraction of sp³-hybridized carbons (Fsp3) is 0.333. The van der Waals surface area contributed by atoms with Crippen LogP contribution in [0.3, 0.4) is 0 Å². The van der Waals surface area contributed by atoms with Crippen LogP contribution in [0.4, 0.5) is 42.0 Å². The molecule has 0 saturated carbocycles. The molecule has 2 aromatic carbocycles. The normalized spacial score (nSPS) is 13.4. The Morgan fingerprint density at radius 2 is 1.62 bits per heavy atom. The van der Waals surface area contributed by atoms with Gasteiger partial charge in [-0.05, 0) is 36.2 Å². The van der Waals surface area contributed by atoms with Crippen molar-refractivity contribution in [2.24, 2.45) is 5.92 Å². The smallest absolute Gasteiger partial charge is 0.416 e. The fourth-order valence-corrected chi connectivity index (χ4v) is 4.11. The number of nitrogens with zero attached hydrogens (tertiary/aromatic N) is 2. The van der Waals surface area contributed by atoms with E-state index in [4.69, 9.17) is 4.74 Å². The van der Waals surface area contributed by atoms with Gasteiger partial charge in [-0.3, -0.25) is 10.1 Å². The number of urea groups is 1. The number of halogens is 6. The number of carbonyl (C=O) groups excluding carboxylic acids is 2. The van der Waals surface area contributed by atoms with E-state index in [9.17, 15) is 35.9 Å². The predicted molar refractivity (Wildman–Crippen MR) is 132 cm³/mol. The predicted octanol–water partition coefficient (Wildman–Crippen LogP) is 6.43. The van der Waals surface area contributed by atoms with Crippen molar-refractivity contribution >= 4 is 34.1 Å². The molecule has 0 fully saturated rings. The minimum Gasteiger partial charge on any atom is -0.497 e. The molecule has 15 heteroatoms. The van der Waals surface area contributed by atoms with Gasteiger partial charge in [0.25, 0.3) is 0 Å². The van der Waals surface area contributed by atoms with E-state index >= 15 is 0 Å². The Morgan fingerprint density at radius 1 is 0.974 bits per heavy atom. The molecular weight excluding hydrogens is 552 g/mol. The van der Waals surface area contributed by atoms with Gasteiger partial charge in [-0.1, -0.05) is 43.7 Å². The Morgan fingerprint density at radius 3 is 2.18 bits per heavy atom. The van der Waals surface area contributed by atoms with Gasteiger partial charge in [-0.25, -0.2) is 4.79 Å². The molecule has 0 saturated heterocycles. The number of methoxy groups -OCH3 is 1. The quantitative estimate of drug-likeness (QED) is 0.269. The maximum atomic E-state index is 13.1. The monoisotopic (exact) mass is 575 g/mol. The van der Waals surface area contributed by atoms with Crippen LogP contribution in [-0.4, -0.2) is 35.3 Å². The third kappa shape index (κ3) is 7.81. The first-order valence-electron chi connectivity index (χ1n) is 11.4. The zero-order valence-corrected chi connectivity index (χ0v) is 21.5. The summed E-state index contributed by atoms with van der Waals surface area (Å²) >= 11 is 1.05. The lowest BCUT2D eigenvalue weighted by atomic mass is 9.98. The number of aromatic nitrogens is 2. The zero-order chi connectivity index (χ0) is 29.0. The molecule has 8 nitrogen and oxygen atoms in total. The van der Waals surface area contributed by atoms with E-state index in [0.717, 1.165) is 11.3 Å². The Kier molecular flexibility index (Phi) is 9.04. The van der Waals surface area contributed by atoms with Crippen LogP contribution < -0.4 is 20.7 Å². The van der Waals surface area contributed by atoms with Gasteiger partial charge in [0.05, 0.1) is 18.2 Å².